The molecule has 0 amide bonds. The van der Waals surface area contributed by atoms with Crippen molar-refractivity contribution in [3.8, 4) is 11.4 Å². The van der Waals surface area contributed by atoms with E-state index in [4.69, 9.17) is 0 Å². The van der Waals surface area contributed by atoms with Crippen LogP contribution in [0.2, 0.25) is 0 Å². The first-order valence-electron chi connectivity index (χ1n) is 7.09. The number of H-pyrrole nitrogens is 1. The van der Waals surface area contributed by atoms with E-state index in [1.807, 2.05) is 60.7 Å². The predicted octanol–water partition coefficient (Wildman–Crippen LogP) is 1.86. The lowest BCUT2D eigenvalue weighted by Gasteiger charge is -2.10. The van der Waals surface area contributed by atoms with Gasteiger partial charge >= 0.3 is 5.69 Å². The van der Waals surface area contributed by atoms with Gasteiger partial charge in [0, 0.05) is 5.69 Å². The van der Waals surface area contributed by atoms with E-state index in [-0.39, 0.29) is 5.52 Å². The van der Waals surface area contributed by atoms with Crippen molar-refractivity contribution in [2.75, 3.05) is 0 Å². The standard InChI is InChI=1S/C17H12N4O2/c22-15-14-16(20(11-18-14)12-7-3-1-4-8-12)21(17(23)19-15)13-9-5-2-6-10-13/h1-11H,(H,19,22,23). The third-order valence-corrected chi connectivity index (χ3v) is 3.64. The summed E-state index contributed by atoms with van der Waals surface area (Å²) in [4.78, 5) is 31.0. The van der Waals surface area contributed by atoms with Crippen LogP contribution in [0.5, 0.6) is 0 Å². The van der Waals surface area contributed by atoms with Gasteiger partial charge in [-0.1, -0.05) is 36.4 Å². The summed E-state index contributed by atoms with van der Waals surface area (Å²) < 4.78 is 3.19. The average Bonchev–Trinajstić information content (AvgIpc) is 3.02. The maximum absolute atomic E-state index is 12.4. The van der Waals surface area contributed by atoms with Crippen LogP contribution in [0.4, 0.5) is 0 Å². The van der Waals surface area contributed by atoms with E-state index in [1.54, 1.807) is 10.9 Å². The second-order valence-corrected chi connectivity index (χ2v) is 5.05. The molecular weight excluding hydrogens is 292 g/mol. The number of hydrogen-bond acceptors (Lipinski definition) is 3. The van der Waals surface area contributed by atoms with Gasteiger partial charge in [-0.05, 0) is 24.3 Å². The summed E-state index contributed by atoms with van der Waals surface area (Å²) in [5.41, 5.74) is 1.16. The zero-order chi connectivity index (χ0) is 15.8. The molecule has 0 saturated carbocycles. The van der Waals surface area contributed by atoms with E-state index in [0.717, 1.165) is 5.69 Å². The Kier molecular flexibility index (Phi) is 2.94. The van der Waals surface area contributed by atoms with Crippen molar-refractivity contribution in [2.24, 2.45) is 0 Å². The molecule has 0 unspecified atom stereocenters. The minimum atomic E-state index is -0.494. The van der Waals surface area contributed by atoms with E-state index >= 15 is 0 Å². The largest absolute Gasteiger partial charge is 0.334 e. The number of aromatic amines is 1. The van der Waals surface area contributed by atoms with Crippen LogP contribution in [0, 0.1) is 0 Å². The van der Waals surface area contributed by atoms with E-state index in [1.165, 1.54) is 4.57 Å². The minimum Gasteiger partial charge on any atom is -0.284 e. The monoisotopic (exact) mass is 304 g/mol. The smallest absolute Gasteiger partial charge is 0.284 e. The minimum absolute atomic E-state index is 0.220. The van der Waals surface area contributed by atoms with E-state index < -0.39 is 11.2 Å². The second kappa shape index (κ2) is 5.10. The van der Waals surface area contributed by atoms with Gasteiger partial charge in [0.25, 0.3) is 5.56 Å². The maximum Gasteiger partial charge on any atom is 0.334 e. The quantitative estimate of drug-likeness (QED) is 0.614. The molecule has 0 aliphatic heterocycles. The molecule has 2 aromatic heterocycles. The van der Waals surface area contributed by atoms with Crippen LogP contribution in [-0.2, 0) is 0 Å². The third kappa shape index (κ3) is 2.08. The molecule has 6 nitrogen and oxygen atoms in total. The number of nitrogens with zero attached hydrogens (tertiary/aromatic N) is 3. The van der Waals surface area contributed by atoms with Gasteiger partial charge in [0.15, 0.2) is 11.2 Å². The molecule has 1 N–H and O–H groups in total. The van der Waals surface area contributed by atoms with Gasteiger partial charge in [-0.2, -0.15) is 0 Å². The first kappa shape index (κ1) is 13.3. The molecule has 4 rings (SSSR count). The molecule has 0 spiro atoms. The summed E-state index contributed by atoms with van der Waals surface area (Å²) >= 11 is 0. The van der Waals surface area contributed by atoms with Crippen LogP contribution < -0.4 is 11.2 Å². The number of aromatic nitrogens is 4. The Morgan fingerprint density at radius 2 is 1.43 bits per heavy atom. The van der Waals surface area contributed by atoms with Crippen LogP contribution in [0.3, 0.4) is 0 Å². The molecule has 2 aromatic carbocycles. The third-order valence-electron chi connectivity index (χ3n) is 3.64. The Bertz CT molecular complexity index is 1090. The molecule has 0 saturated heterocycles. The molecule has 2 heterocycles. The molecule has 4 aromatic rings. The Labute approximate surface area is 130 Å². The van der Waals surface area contributed by atoms with Gasteiger partial charge in [-0.3, -0.25) is 14.3 Å². The van der Waals surface area contributed by atoms with Crippen molar-refractivity contribution in [2.45, 2.75) is 0 Å². The summed E-state index contributed by atoms with van der Waals surface area (Å²) in [6, 6.07) is 18.6. The predicted molar refractivity (Wildman–Crippen MR) is 87.3 cm³/mol. The number of fused-ring (bicyclic) bond motifs is 1. The van der Waals surface area contributed by atoms with E-state index in [2.05, 4.69) is 9.97 Å². The maximum atomic E-state index is 12.4. The number of hydrogen-bond donors (Lipinski definition) is 1. The summed E-state index contributed by atoms with van der Waals surface area (Å²) in [6.07, 6.45) is 1.55. The molecule has 0 aliphatic carbocycles. The van der Waals surface area contributed by atoms with Crippen molar-refractivity contribution in [3.63, 3.8) is 0 Å². The molecule has 0 aliphatic rings. The first-order valence-corrected chi connectivity index (χ1v) is 7.09. The Morgan fingerprint density at radius 3 is 2.09 bits per heavy atom. The fourth-order valence-corrected chi connectivity index (χ4v) is 2.62. The Balaban J connectivity index is 2.16. The van der Waals surface area contributed by atoms with Gasteiger partial charge in [0.05, 0.1) is 5.69 Å². The van der Waals surface area contributed by atoms with Gasteiger partial charge in [-0.25, -0.2) is 14.3 Å². The lowest BCUT2D eigenvalue weighted by molar-refractivity contribution is 0.907. The van der Waals surface area contributed by atoms with E-state index in [0.29, 0.717) is 11.3 Å². The molecule has 6 heteroatoms. The zero-order valence-electron chi connectivity index (χ0n) is 12.0. The highest BCUT2D eigenvalue weighted by Crippen LogP contribution is 2.17. The van der Waals surface area contributed by atoms with Gasteiger partial charge < -0.3 is 0 Å². The Morgan fingerprint density at radius 1 is 0.826 bits per heavy atom. The highest BCUT2D eigenvalue weighted by molar-refractivity contribution is 5.74. The van der Waals surface area contributed by atoms with Crippen LogP contribution in [0.15, 0.2) is 76.6 Å². The molecule has 0 bridgehead atoms. The number of rotatable bonds is 2. The fraction of sp³-hybridized carbons (Fsp3) is 0. The summed E-state index contributed by atoms with van der Waals surface area (Å²) in [5.74, 6) is 0. The lowest BCUT2D eigenvalue weighted by atomic mass is 10.3. The summed E-state index contributed by atoms with van der Waals surface area (Å²) in [5, 5.41) is 0. The second-order valence-electron chi connectivity index (χ2n) is 5.05. The summed E-state index contributed by atoms with van der Waals surface area (Å²) in [7, 11) is 0. The molecule has 0 fully saturated rings. The normalized spacial score (nSPS) is 11.0. The van der Waals surface area contributed by atoms with Crippen molar-refractivity contribution in [3.05, 3.63) is 87.8 Å². The van der Waals surface area contributed by atoms with Crippen LogP contribution in [0.1, 0.15) is 0 Å². The van der Waals surface area contributed by atoms with Crippen LogP contribution in [0.25, 0.3) is 22.5 Å². The van der Waals surface area contributed by atoms with E-state index in [9.17, 15) is 9.59 Å². The van der Waals surface area contributed by atoms with Gasteiger partial charge in [0.1, 0.15) is 6.33 Å². The number of imidazole rings is 1. The molecule has 0 atom stereocenters. The SMILES string of the molecule is O=c1[nH]c(=O)n(-c2ccccc2)c2c1ncn2-c1ccccc1. The molecule has 112 valence electrons. The fourth-order valence-electron chi connectivity index (χ4n) is 2.62. The number of nitrogens with one attached hydrogen (secondary N) is 1. The average molecular weight is 304 g/mol. The highest BCUT2D eigenvalue weighted by atomic mass is 16.2. The van der Waals surface area contributed by atoms with Crippen molar-refractivity contribution < 1.29 is 0 Å². The van der Waals surface area contributed by atoms with Crippen molar-refractivity contribution in [1.82, 2.24) is 19.1 Å². The van der Waals surface area contributed by atoms with Gasteiger partial charge in [0.2, 0.25) is 0 Å². The molecule has 23 heavy (non-hydrogen) atoms. The first-order chi connectivity index (χ1) is 11.3. The number of benzene rings is 2. The van der Waals surface area contributed by atoms with Crippen LogP contribution in [-0.4, -0.2) is 19.1 Å². The van der Waals surface area contributed by atoms with Crippen molar-refractivity contribution in [1.29, 1.82) is 0 Å². The Hall–Kier alpha value is -3.41. The van der Waals surface area contributed by atoms with Crippen LogP contribution >= 0.6 is 0 Å². The van der Waals surface area contributed by atoms with Crippen molar-refractivity contribution >= 4 is 11.2 Å². The summed E-state index contributed by atoms with van der Waals surface area (Å²) in [6.45, 7) is 0. The zero-order valence-corrected chi connectivity index (χ0v) is 12.0. The number of para-hydroxylation sites is 2. The topological polar surface area (TPSA) is 72.7 Å². The molecular formula is C17H12N4O2. The highest BCUT2D eigenvalue weighted by Gasteiger charge is 2.15. The lowest BCUT2D eigenvalue weighted by Crippen LogP contribution is -2.30. The van der Waals surface area contributed by atoms with Gasteiger partial charge in [-0.15, -0.1) is 0 Å². The molecule has 0 radical (unpaired) electrons.